The van der Waals surface area contributed by atoms with Crippen LogP contribution in [0.25, 0.3) is 0 Å². The predicted molar refractivity (Wildman–Crippen MR) is 283 cm³/mol. The zero-order valence-electron chi connectivity index (χ0n) is 42.2. The number of alkyl carbamates (subject to hydrolysis) is 2. The smallest absolute Gasteiger partial charge is 0.437 e. The van der Waals surface area contributed by atoms with E-state index in [2.05, 4.69) is 31.3 Å². The van der Waals surface area contributed by atoms with E-state index in [1.807, 2.05) is 30.3 Å². The first-order chi connectivity index (χ1) is 36.7. The lowest BCUT2D eigenvalue weighted by molar-refractivity contribution is -0.140. The number of aryl methyl sites for hydroxylation is 2. The Morgan fingerprint density at radius 3 is 1.30 bits per heavy atom. The average molecular weight is 1030 g/mol. The Bertz CT molecular complexity index is 2920. The van der Waals surface area contributed by atoms with Crippen molar-refractivity contribution in [2.75, 3.05) is 6.54 Å². The third-order valence-electron chi connectivity index (χ3n) is 11.6. The first-order valence-electron chi connectivity index (χ1n) is 24.2. The summed E-state index contributed by atoms with van der Waals surface area (Å²) in [7, 11) is 0. The third kappa shape index (κ3) is 18.5. The number of phenols is 1. The van der Waals surface area contributed by atoms with E-state index in [0.29, 0.717) is 38.9 Å². The van der Waals surface area contributed by atoms with Crippen LogP contribution in [0, 0.1) is 13.8 Å². The zero-order valence-corrected chi connectivity index (χ0v) is 42.2. The van der Waals surface area contributed by atoms with E-state index in [-0.39, 0.29) is 51.6 Å². The molecular weight excluding hydrogens is 973 g/mol. The van der Waals surface area contributed by atoms with E-state index >= 15 is 4.79 Å². The van der Waals surface area contributed by atoms with Crippen molar-refractivity contribution < 1.29 is 52.8 Å². The van der Waals surface area contributed by atoms with Gasteiger partial charge in [0.05, 0.1) is 6.04 Å². The Kier molecular flexibility index (Phi) is 21.0. The number of hydrogen-bond acceptors (Lipinski definition) is 11. The third-order valence-corrected chi connectivity index (χ3v) is 11.6. The fraction of sp³-hybridized carbons (Fsp3) is 0.228. The quantitative estimate of drug-likeness (QED) is 0.0259. The Morgan fingerprint density at radius 1 is 0.539 bits per heavy atom. The highest BCUT2D eigenvalue weighted by atomic mass is 16.6. The van der Waals surface area contributed by atoms with Crippen LogP contribution in [0.3, 0.4) is 0 Å². The van der Waals surface area contributed by atoms with Crippen LogP contribution in [0.5, 0.6) is 5.75 Å². The highest BCUT2D eigenvalue weighted by molar-refractivity contribution is 6.01. The van der Waals surface area contributed by atoms with Gasteiger partial charge in [-0.2, -0.15) is 0 Å². The first kappa shape index (κ1) is 55.8. The lowest BCUT2D eigenvalue weighted by Crippen LogP contribution is -2.60. The molecule has 19 nitrogen and oxygen atoms in total. The van der Waals surface area contributed by atoms with Gasteiger partial charge < -0.3 is 45.3 Å². The van der Waals surface area contributed by atoms with Crippen molar-refractivity contribution in [1.29, 1.82) is 0 Å². The van der Waals surface area contributed by atoms with Gasteiger partial charge in [0.1, 0.15) is 44.3 Å². The minimum Gasteiger partial charge on any atom is -0.508 e. The highest BCUT2D eigenvalue weighted by Gasteiger charge is 2.35. The van der Waals surface area contributed by atoms with Crippen molar-refractivity contribution in [2.24, 2.45) is 15.7 Å². The molecule has 0 aliphatic carbocycles. The number of ether oxygens (including phenoxy) is 4. The number of aromatic hydroxyl groups is 1. The lowest BCUT2D eigenvalue weighted by Gasteiger charge is -2.35. The molecule has 7 N–H and O–H groups in total. The average Bonchev–Trinajstić information content (AvgIpc) is 3.41. The van der Waals surface area contributed by atoms with Gasteiger partial charge in [0.2, 0.25) is 23.7 Å². The second-order valence-electron chi connectivity index (χ2n) is 17.4. The molecule has 6 aromatic rings. The number of primary amides is 1. The van der Waals surface area contributed by atoms with Gasteiger partial charge in [0.15, 0.2) is 0 Å². The van der Waals surface area contributed by atoms with E-state index < -0.39 is 66.2 Å². The molecule has 6 aromatic carbocycles. The lowest BCUT2D eigenvalue weighted by atomic mass is 9.94. The van der Waals surface area contributed by atoms with Crippen LogP contribution in [0.2, 0.25) is 0 Å². The molecule has 0 radical (unpaired) electrons. The molecule has 0 aromatic heterocycles. The van der Waals surface area contributed by atoms with Gasteiger partial charge >= 0.3 is 24.4 Å². The SMILES string of the molecule is Cc1cc(O)cc(C)c1C[C@H](N/C(=N/C(=O)OCc1ccccc1)NC(=O)OCc1ccccc1)C(=O)N(C[C@H](Cc1ccccc1)N/C(=N\C(=O)OCc1ccccc1)NC(=O)OCc1ccccc1)[C@H](C)C(N)=O. The van der Waals surface area contributed by atoms with Crippen molar-refractivity contribution in [2.45, 2.75) is 78.2 Å². The number of phenolic OH excluding ortho intramolecular Hbond substituents is 1. The summed E-state index contributed by atoms with van der Waals surface area (Å²) in [6, 6.07) is 43.6. The van der Waals surface area contributed by atoms with Crippen LogP contribution in [-0.2, 0) is 67.8 Å². The summed E-state index contributed by atoms with van der Waals surface area (Å²) >= 11 is 0. The summed E-state index contributed by atoms with van der Waals surface area (Å²) in [5.41, 5.74) is 11.1. The number of nitrogens with one attached hydrogen (secondary N) is 4. The molecular formula is C57H60N8O11. The predicted octanol–water partition coefficient (Wildman–Crippen LogP) is 7.65. The van der Waals surface area contributed by atoms with Gasteiger partial charge in [-0.25, -0.2) is 19.2 Å². The maximum absolute atomic E-state index is 15.6. The molecule has 6 rings (SSSR count). The van der Waals surface area contributed by atoms with Crippen LogP contribution >= 0.6 is 0 Å². The van der Waals surface area contributed by atoms with Gasteiger partial charge in [-0.15, -0.1) is 9.98 Å². The normalized spacial score (nSPS) is 12.4. The van der Waals surface area contributed by atoms with Gasteiger partial charge in [-0.1, -0.05) is 152 Å². The van der Waals surface area contributed by atoms with E-state index in [0.717, 1.165) is 5.56 Å². The summed E-state index contributed by atoms with van der Waals surface area (Å²) in [5.74, 6) is -2.69. The largest absolute Gasteiger partial charge is 0.508 e. The summed E-state index contributed by atoms with van der Waals surface area (Å²) in [6.45, 7) is 3.89. The van der Waals surface area contributed by atoms with E-state index in [1.54, 1.807) is 135 Å². The van der Waals surface area contributed by atoms with Gasteiger partial charge in [0, 0.05) is 13.0 Å². The number of carbonyl (C=O) groups is 6. The van der Waals surface area contributed by atoms with E-state index in [1.165, 1.54) is 24.0 Å². The molecule has 0 aliphatic rings. The number of nitrogens with two attached hydrogens (primary N) is 1. The number of benzene rings is 6. The Labute approximate surface area is 440 Å². The Morgan fingerprint density at radius 2 is 0.908 bits per heavy atom. The molecule has 0 aliphatic heterocycles. The minimum atomic E-state index is -1.47. The molecule has 0 fully saturated rings. The van der Waals surface area contributed by atoms with Crippen LogP contribution in [0.1, 0.15) is 51.4 Å². The maximum Gasteiger partial charge on any atom is 0.437 e. The Balaban J connectivity index is 1.37. The molecule has 3 atom stereocenters. The van der Waals surface area contributed by atoms with Crippen LogP contribution in [0.15, 0.2) is 174 Å². The van der Waals surface area contributed by atoms with Crippen molar-refractivity contribution in [1.82, 2.24) is 26.2 Å². The monoisotopic (exact) mass is 1030 g/mol. The Hall–Kier alpha value is -9.52. The van der Waals surface area contributed by atoms with Crippen molar-refractivity contribution in [3.8, 4) is 5.75 Å². The van der Waals surface area contributed by atoms with Crippen molar-refractivity contribution in [3.05, 3.63) is 208 Å². The van der Waals surface area contributed by atoms with E-state index in [4.69, 9.17) is 24.7 Å². The fourth-order valence-electron chi connectivity index (χ4n) is 7.74. The number of guanidine groups is 2. The van der Waals surface area contributed by atoms with Crippen molar-refractivity contribution >= 4 is 48.1 Å². The van der Waals surface area contributed by atoms with Gasteiger partial charge in [0.25, 0.3) is 0 Å². The zero-order chi connectivity index (χ0) is 54.2. The number of carbonyl (C=O) groups excluding carboxylic acids is 6. The number of aliphatic imine (C=N–C) groups is 2. The molecule has 19 heteroatoms. The summed E-state index contributed by atoms with van der Waals surface area (Å²) in [5, 5.41) is 21.5. The van der Waals surface area contributed by atoms with Gasteiger partial charge in [-0.3, -0.25) is 20.2 Å². The minimum absolute atomic E-state index is 0.0291. The molecule has 394 valence electrons. The summed E-state index contributed by atoms with van der Waals surface area (Å²) < 4.78 is 21.9. The van der Waals surface area contributed by atoms with Gasteiger partial charge in [-0.05, 0) is 83.8 Å². The molecule has 0 saturated heterocycles. The number of nitrogens with zero attached hydrogens (tertiary/aromatic N) is 3. The second-order valence-corrected chi connectivity index (χ2v) is 17.4. The van der Waals surface area contributed by atoms with E-state index in [9.17, 15) is 29.1 Å². The summed E-state index contributed by atoms with van der Waals surface area (Å²) in [6.07, 6.45) is -4.35. The topological polar surface area (TPSA) is 262 Å². The fourth-order valence-corrected chi connectivity index (χ4v) is 7.74. The van der Waals surface area contributed by atoms with Crippen LogP contribution in [-0.4, -0.2) is 82.8 Å². The van der Waals surface area contributed by atoms with Crippen LogP contribution < -0.4 is 27.0 Å². The highest BCUT2D eigenvalue weighted by Crippen LogP contribution is 2.23. The molecule has 0 saturated carbocycles. The molecule has 76 heavy (non-hydrogen) atoms. The second kappa shape index (κ2) is 28.7. The number of rotatable bonds is 19. The van der Waals surface area contributed by atoms with Crippen LogP contribution in [0.4, 0.5) is 19.2 Å². The molecule has 0 bridgehead atoms. The molecule has 0 spiro atoms. The molecule has 0 heterocycles. The number of amides is 6. The summed E-state index contributed by atoms with van der Waals surface area (Å²) in [4.78, 5) is 92.0. The molecule has 0 unspecified atom stereocenters. The number of hydrogen-bond donors (Lipinski definition) is 6. The molecule has 6 amide bonds. The maximum atomic E-state index is 15.6. The standard InChI is InChI=1S/C57H60N8O11/c1-38-29-47(66)30-39(2)48(38)32-49(60-53(63-56(71)75-36-44-25-15-7-16-26-44)64-57(72)76-37-45-27-17-8-18-28-45)51(68)65(40(3)50(58)67)33-46(31-41-19-9-4-10-20-41)59-52(61-54(69)73-34-42-21-11-5-12-22-42)62-55(70)74-35-43-23-13-6-14-24-43/h4-30,40,46,49,66H,31-37H2,1-3H3,(H2,58,67)(H2,59,61,62,69,70)(H2,60,63,64,71,72)/t40-,46+,49+/m1/s1. The van der Waals surface area contributed by atoms with Crippen molar-refractivity contribution in [3.63, 3.8) is 0 Å². The first-order valence-corrected chi connectivity index (χ1v) is 24.2.